The summed E-state index contributed by atoms with van der Waals surface area (Å²) >= 11 is 0.858. The van der Waals surface area contributed by atoms with Gasteiger partial charge in [-0.05, 0) is 58.0 Å². The van der Waals surface area contributed by atoms with Crippen LogP contribution in [0.15, 0.2) is 58.1 Å². The molecule has 10 nitrogen and oxygen atoms in total. The maximum Gasteiger partial charge on any atom is 0.349 e. The first-order valence-corrected chi connectivity index (χ1v) is 13.2. The molecule has 0 atom stereocenters. The number of nitrogens with zero attached hydrogens (tertiary/aromatic N) is 2. The first-order chi connectivity index (χ1) is 18.6. The average molecular weight is 550 g/mol. The van der Waals surface area contributed by atoms with Gasteiger partial charge in [0.2, 0.25) is 0 Å². The van der Waals surface area contributed by atoms with E-state index >= 15 is 0 Å². The lowest BCUT2D eigenvalue weighted by molar-refractivity contribution is 0.00672. The normalized spacial score (nSPS) is 13.1. The summed E-state index contributed by atoms with van der Waals surface area (Å²) in [5, 5.41) is 0. The largest absolute Gasteiger partial charge is 0.490 e. The number of carbonyl (C=O) groups excluding carboxylic acids is 2. The summed E-state index contributed by atoms with van der Waals surface area (Å²) in [6.45, 7) is 7.83. The molecule has 1 N–H and O–H groups in total. The lowest BCUT2D eigenvalue weighted by Gasteiger charge is -2.31. The third kappa shape index (κ3) is 4.92. The summed E-state index contributed by atoms with van der Waals surface area (Å²) in [5.74, 6) is -0.967. The molecular weight excluding hydrogens is 522 g/mol. The van der Waals surface area contributed by atoms with Crippen LogP contribution in [0.25, 0.3) is 16.0 Å². The number of aromatic nitrogens is 2. The minimum absolute atomic E-state index is 0.0600. The Bertz CT molecular complexity index is 1700. The second-order valence-corrected chi connectivity index (χ2v) is 10.8. The third-order valence-corrected chi connectivity index (χ3v) is 7.00. The molecule has 0 bridgehead atoms. The Kier molecular flexibility index (Phi) is 6.77. The molecule has 0 amide bonds. The number of carbonyl (C=O) groups is 2. The molecule has 0 saturated heterocycles. The highest BCUT2D eigenvalue weighted by Gasteiger charge is 2.32. The average Bonchev–Trinajstić information content (AvgIpc) is 3.27. The van der Waals surface area contributed by atoms with Gasteiger partial charge in [0, 0.05) is 5.69 Å². The zero-order chi connectivity index (χ0) is 27.9. The molecule has 1 aliphatic heterocycles. The van der Waals surface area contributed by atoms with Gasteiger partial charge in [0.25, 0.3) is 0 Å². The maximum absolute atomic E-state index is 13.5. The molecule has 2 aromatic heterocycles. The number of hydrogen-bond donors (Lipinski definition) is 1. The number of esters is 2. The number of aromatic amines is 1. The Labute approximate surface area is 227 Å². The van der Waals surface area contributed by atoms with Crippen LogP contribution >= 0.6 is 11.3 Å². The van der Waals surface area contributed by atoms with Crippen LogP contribution in [0.2, 0.25) is 0 Å². The van der Waals surface area contributed by atoms with Crippen LogP contribution in [-0.2, 0) is 9.47 Å². The van der Waals surface area contributed by atoms with Crippen LogP contribution < -0.4 is 20.8 Å². The predicted octanol–water partition coefficient (Wildman–Crippen LogP) is 4.40. The minimum Gasteiger partial charge on any atom is -0.490 e. The molecule has 0 aliphatic carbocycles. The number of para-hydroxylation sites is 1. The lowest BCUT2D eigenvalue weighted by Crippen LogP contribution is -2.36. The monoisotopic (exact) mass is 549 g/mol. The molecule has 0 radical (unpaired) electrons. The topological polar surface area (TPSA) is 120 Å². The van der Waals surface area contributed by atoms with Gasteiger partial charge >= 0.3 is 23.1 Å². The van der Waals surface area contributed by atoms with Gasteiger partial charge in [0.05, 0.1) is 30.0 Å². The van der Waals surface area contributed by atoms with Gasteiger partial charge in [-0.25, -0.2) is 9.59 Å². The van der Waals surface area contributed by atoms with Crippen molar-refractivity contribution in [3.05, 3.63) is 79.7 Å². The first kappa shape index (κ1) is 26.2. The minimum atomic E-state index is -0.913. The maximum atomic E-state index is 13.5. The number of benzene rings is 2. The van der Waals surface area contributed by atoms with E-state index in [0.29, 0.717) is 30.3 Å². The van der Waals surface area contributed by atoms with Crippen molar-refractivity contribution >= 4 is 45.0 Å². The molecule has 202 valence electrons. The van der Waals surface area contributed by atoms with Gasteiger partial charge in [0.15, 0.2) is 0 Å². The number of H-pyrrole nitrogens is 1. The summed E-state index contributed by atoms with van der Waals surface area (Å²) in [6, 6.07) is 14.8. The number of thiophene rings is 1. The van der Waals surface area contributed by atoms with E-state index in [1.54, 1.807) is 45.9 Å². The number of ether oxygens (including phenoxy) is 3. The van der Waals surface area contributed by atoms with Crippen LogP contribution in [0.1, 0.15) is 47.7 Å². The quantitative estimate of drug-likeness (QED) is 0.287. The first-order valence-electron chi connectivity index (χ1n) is 12.4. The number of rotatable bonds is 5. The van der Waals surface area contributed by atoms with Crippen LogP contribution in [0.3, 0.4) is 0 Å². The van der Waals surface area contributed by atoms with Crippen LogP contribution in [0, 0.1) is 0 Å². The highest BCUT2D eigenvalue weighted by atomic mass is 32.1. The van der Waals surface area contributed by atoms with E-state index in [0.717, 1.165) is 21.6 Å². The number of anilines is 2. The van der Waals surface area contributed by atoms with Crippen molar-refractivity contribution in [1.82, 2.24) is 9.55 Å². The van der Waals surface area contributed by atoms with E-state index in [9.17, 15) is 19.2 Å². The van der Waals surface area contributed by atoms with Crippen molar-refractivity contribution in [2.45, 2.75) is 33.3 Å². The fourth-order valence-corrected chi connectivity index (χ4v) is 5.47. The number of fused-ring (bicyclic) bond motifs is 2. The summed E-state index contributed by atoms with van der Waals surface area (Å²) < 4.78 is 17.8. The van der Waals surface area contributed by atoms with Crippen molar-refractivity contribution in [2.24, 2.45) is 0 Å². The summed E-state index contributed by atoms with van der Waals surface area (Å²) in [4.78, 5) is 57.2. The molecule has 2 aromatic carbocycles. The van der Waals surface area contributed by atoms with Crippen LogP contribution in [0.5, 0.6) is 5.75 Å². The summed E-state index contributed by atoms with van der Waals surface area (Å²) in [5.41, 5.74) is -0.853. The molecule has 4 aromatic rings. The molecular formula is C28H27N3O7S. The zero-order valence-electron chi connectivity index (χ0n) is 21.9. The van der Waals surface area contributed by atoms with E-state index in [1.165, 1.54) is 0 Å². The van der Waals surface area contributed by atoms with Crippen LogP contribution in [0.4, 0.5) is 11.4 Å². The van der Waals surface area contributed by atoms with Crippen molar-refractivity contribution in [3.8, 4) is 11.4 Å². The molecule has 0 fully saturated rings. The molecule has 0 spiro atoms. The highest BCUT2D eigenvalue weighted by molar-refractivity contribution is 7.20. The van der Waals surface area contributed by atoms with E-state index < -0.39 is 28.7 Å². The Hall–Kier alpha value is -4.38. The van der Waals surface area contributed by atoms with Crippen molar-refractivity contribution in [3.63, 3.8) is 0 Å². The Morgan fingerprint density at radius 1 is 1.05 bits per heavy atom. The fourth-order valence-electron chi connectivity index (χ4n) is 4.41. The van der Waals surface area contributed by atoms with Gasteiger partial charge in [-0.15, -0.1) is 11.3 Å². The van der Waals surface area contributed by atoms with Gasteiger partial charge in [0.1, 0.15) is 33.2 Å². The Morgan fingerprint density at radius 3 is 2.49 bits per heavy atom. The van der Waals surface area contributed by atoms with E-state index in [2.05, 4.69) is 4.98 Å². The predicted molar refractivity (Wildman–Crippen MR) is 148 cm³/mol. The smallest absolute Gasteiger partial charge is 0.349 e. The van der Waals surface area contributed by atoms with Crippen molar-refractivity contribution in [2.75, 3.05) is 24.7 Å². The molecule has 1 aliphatic rings. The van der Waals surface area contributed by atoms with Gasteiger partial charge in [-0.2, -0.15) is 0 Å². The molecule has 0 unspecified atom stereocenters. The second kappa shape index (κ2) is 10.1. The lowest BCUT2D eigenvalue weighted by atomic mass is 10.1. The highest BCUT2D eigenvalue weighted by Crippen LogP contribution is 2.39. The molecule has 39 heavy (non-hydrogen) atoms. The van der Waals surface area contributed by atoms with E-state index in [1.807, 2.05) is 35.2 Å². The zero-order valence-corrected chi connectivity index (χ0v) is 22.7. The fraction of sp³-hybridized carbons (Fsp3) is 0.286. The third-order valence-electron chi connectivity index (χ3n) is 5.93. The number of nitrogens with one attached hydrogen (secondary N) is 1. The molecule has 5 rings (SSSR count). The van der Waals surface area contributed by atoms with Gasteiger partial charge < -0.3 is 24.1 Å². The van der Waals surface area contributed by atoms with Crippen molar-refractivity contribution in [1.29, 1.82) is 0 Å². The SMILES string of the molecule is CCOC(=O)c1sc2[nH]c(=O)c(=O)n(-c3ccc4c(c3)N(c3ccccc3)CCO4)c2c1C(=O)OC(C)(C)C. The van der Waals surface area contributed by atoms with Gasteiger partial charge in [-0.3, -0.25) is 14.2 Å². The van der Waals surface area contributed by atoms with E-state index in [-0.39, 0.29) is 27.4 Å². The summed E-state index contributed by atoms with van der Waals surface area (Å²) in [6.07, 6.45) is 0. The molecule has 0 saturated carbocycles. The van der Waals surface area contributed by atoms with Crippen molar-refractivity contribution < 1.29 is 23.8 Å². The molecule has 11 heteroatoms. The Morgan fingerprint density at radius 2 is 1.79 bits per heavy atom. The second-order valence-electron chi connectivity index (χ2n) is 9.79. The Balaban J connectivity index is 1.79. The van der Waals surface area contributed by atoms with Gasteiger partial charge in [-0.1, -0.05) is 18.2 Å². The molecule has 3 heterocycles. The van der Waals surface area contributed by atoms with E-state index in [4.69, 9.17) is 14.2 Å². The standard InChI is InChI=1S/C28H27N3O7S/c1-5-36-27(35)22-20(26(34)38-28(2,3)4)21-24(39-22)29-23(32)25(33)31(21)17-11-12-19-18(15-17)30(13-14-37-19)16-9-7-6-8-10-16/h6-12,15H,5,13-14H2,1-4H3,(H,29,32). The summed E-state index contributed by atoms with van der Waals surface area (Å²) in [7, 11) is 0. The van der Waals surface area contributed by atoms with Crippen LogP contribution in [-0.4, -0.2) is 46.8 Å². The number of hydrogen-bond acceptors (Lipinski definition) is 9.